The van der Waals surface area contributed by atoms with Gasteiger partial charge in [0.25, 0.3) is 5.56 Å². The topological polar surface area (TPSA) is 61.2 Å². The number of hydrogen-bond donors (Lipinski definition) is 0. The van der Waals surface area contributed by atoms with Crippen molar-refractivity contribution < 1.29 is 9.53 Å². The Morgan fingerprint density at radius 2 is 2.05 bits per heavy atom. The van der Waals surface area contributed by atoms with E-state index >= 15 is 0 Å². The maximum Gasteiger partial charge on any atom is 0.277 e. The summed E-state index contributed by atoms with van der Waals surface area (Å²) in [4.78, 5) is 23.4. The summed E-state index contributed by atoms with van der Waals surface area (Å²) in [5, 5.41) is 4.41. The summed E-state index contributed by atoms with van der Waals surface area (Å²) in [6.07, 6.45) is 0.576. The zero-order chi connectivity index (χ0) is 16.3. The quantitative estimate of drug-likeness (QED) is 0.797. The SMILES string of the molecule is COc1ccc(C)cc1-c1cc(C=O)c(=O)n(CC(C)C)n1. The van der Waals surface area contributed by atoms with Gasteiger partial charge >= 0.3 is 0 Å². The predicted molar refractivity (Wildman–Crippen MR) is 85.4 cm³/mol. The van der Waals surface area contributed by atoms with Crippen molar-refractivity contribution in [3.8, 4) is 17.0 Å². The van der Waals surface area contributed by atoms with E-state index in [2.05, 4.69) is 5.10 Å². The maximum absolute atomic E-state index is 12.2. The molecule has 1 heterocycles. The van der Waals surface area contributed by atoms with E-state index in [1.165, 1.54) is 10.7 Å². The largest absolute Gasteiger partial charge is 0.496 e. The van der Waals surface area contributed by atoms with Crippen LogP contribution in [-0.2, 0) is 6.54 Å². The molecule has 0 atom stereocenters. The Balaban J connectivity index is 2.68. The number of ether oxygens (including phenoxy) is 1. The van der Waals surface area contributed by atoms with Crippen molar-refractivity contribution in [2.24, 2.45) is 5.92 Å². The molecule has 0 aliphatic carbocycles. The van der Waals surface area contributed by atoms with E-state index in [1.807, 2.05) is 39.0 Å². The zero-order valence-corrected chi connectivity index (χ0v) is 13.3. The fourth-order valence-corrected chi connectivity index (χ4v) is 2.27. The van der Waals surface area contributed by atoms with Gasteiger partial charge in [-0.2, -0.15) is 5.10 Å². The number of rotatable bonds is 5. The lowest BCUT2D eigenvalue weighted by molar-refractivity contribution is 0.112. The molecule has 0 N–H and O–H groups in total. The summed E-state index contributed by atoms with van der Waals surface area (Å²) in [5.41, 5.74) is 2.12. The number of carbonyl (C=O) groups excluding carboxylic acids is 1. The molecule has 2 aromatic rings. The van der Waals surface area contributed by atoms with Gasteiger partial charge in [0.05, 0.1) is 18.4 Å². The lowest BCUT2D eigenvalue weighted by Crippen LogP contribution is -2.28. The highest BCUT2D eigenvalue weighted by Gasteiger charge is 2.14. The van der Waals surface area contributed by atoms with Crippen molar-refractivity contribution in [1.29, 1.82) is 0 Å². The number of nitrogens with zero attached hydrogens (tertiary/aromatic N) is 2. The summed E-state index contributed by atoms with van der Waals surface area (Å²) in [6.45, 7) is 6.42. The first kappa shape index (κ1) is 15.9. The third-order valence-electron chi connectivity index (χ3n) is 3.30. The van der Waals surface area contributed by atoms with Crippen LogP contribution in [0.1, 0.15) is 29.8 Å². The molecule has 0 saturated carbocycles. The van der Waals surface area contributed by atoms with E-state index in [-0.39, 0.29) is 17.0 Å². The normalized spacial score (nSPS) is 10.8. The molecule has 2 rings (SSSR count). The number of aldehydes is 1. The van der Waals surface area contributed by atoms with Crippen LogP contribution in [0.3, 0.4) is 0 Å². The molecule has 5 heteroatoms. The Labute approximate surface area is 129 Å². The fraction of sp³-hybridized carbons (Fsp3) is 0.353. The molecule has 0 spiro atoms. The molecule has 1 aromatic carbocycles. The Bertz CT molecular complexity index is 748. The highest BCUT2D eigenvalue weighted by molar-refractivity contribution is 5.78. The average molecular weight is 300 g/mol. The summed E-state index contributed by atoms with van der Waals surface area (Å²) in [5.74, 6) is 0.907. The van der Waals surface area contributed by atoms with Gasteiger partial charge in [-0.05, 0) is 31.0 Å². The molecule has 0 amide bonds. The third-order valence-corrected chi connectivity index (χ3v) is 3.30. The van der Waals surface area contributed by atoms with Gasteiger partial charge in [0, 0.05) is 12.1 Å². The summed E-state index contributed by atoms with van der Waals surface area (Å²) < 4.78 is 6.72. The number of hydrogen-bond acceptors (Lipinski definition) is 4. The first-order chi connectivity index (χ1) is 10.5. The fourth-order valence-electron chi connectivity index (χ4n) is 2.27. The van der Waals surface area contributed by atoms with Gasteiger partial charge in [-0.1, -0.05) is 25.5 Å². The van der Waals surface area contributed by atoms with Gasteiger partial charge in [0.15, 0.2) is 6.29 Å². The van der Waals surface area contributed by atoms with E-state index in [9.17, 15) is 9.59 Å². The molecule has 0 bridgehead atoms. The first-order valence-corrected chi connectivity index (χ1v) is 7.18. The Morgan fingerprint density at radius 1 is 1.32 bits per heavy atom. The Hall–Kier alpha value is -2.43. The van der Waals surface area contributed by atoms with Crippen LogP contribution in [-0.4, -0.2) is 23.2 Å². The van der Waals surface area contributed by atoms with Crippen LogP contribution in [0, 0.1) is 12.8 Å². The second-order valence-electron chi connectivity index (χ2n) is 5.69. The van der Waals surface area contributed by atoms with Gasteiger partial charge in [0.2, 0.25) is 0 Å². The average Bonchev–Trinajstić information content (AvgIpc) is 2.48. The molecule has 0 saturated heterocycles. The molecule has 0 aliphatic rings. The van der Waals surface area contributed by atoms with Crippen molar-refractivity contribution in [1.82, 2.24) is 9.78 Å². The van der Waals surface area contributed by atoms with Gasteiger partial charge in [0.1, 0.15) is 5.75 Å². The van der Waals surface area contributed by atoms with Crippen LogP contribution < -0.4 is 10.3 Å². The molecule has 116 valence electrons. The smallest absolute Gasteiger partial charge is 0.277 e. The predicted octanol–water partition coefficient (Wildman–Crippen LogP) is 2.70. The summed E-state index contributed by atoms with van der Waals surface area (Å²) in [7, 11) is 1.58. The monoisotopic (exact) mass is 300 g/mol. The van der Waals surface area contributed by atoms with Crippen LogP contribution in [0.15, 0.2) is 29.1 Å². The van der Waals surface area contributed by atoms with Crippen molar-refractivity contribution in [3.05, 3.63) is 45.7 Å². The van der Waals surface area contributed by atoms with Crippen molar-refractivity contribution >= 4 is 6.29 Å². The van der Waals surface area contributed by atoms with Crippen LogP contribution >= 0.6 is 0 Å². The van der Waals surface area contributed by atoms with Crippen LogP contribution in [0.5, 0.6) is 5.75 Å². The summed E-state index contributed by atoms with van der Waals surface area (Å²) >= 11 is 0. The van der Waals surface area contributed by atoms with Gasteiger partial charge in [-0.15, -0.1) is 0 Å². The second-order valence-corrected chi connectivity index (χ2v) is 5.69. The molecule has 0 aliphatic heterocycles. The van der Waals surface area contributed by atoms with E-state index in [1.54, 1.807) is 7.11 Å². The van der Waals surface area contributed by atoms with Crippen molar-refractivity contribution in [2.75, 3.05) is 7.11 Å². The number of aromatic nitrogens is 2. The lowest BCUT2D eigenvalue weighted by atomic mass is 10.1. The first-order valence-electron chi connectivity index (χ1n) is 7.18. The highest BCUT2D eigenvalue weighted by Crippen LogP contribution is 2.29. The van der Waals surface area contributed by atoms with E-state index < -0.39 is 0 Å². The molecule has 22 heavy (non-hydrogen) atoms. The van der Waals surface area contributed by atoms with E-state index in [0.29, 0.717) is 24.3 Å². The molecule has 1 aromatic heterocycles. The maximum atomic E-state index is 12.2. The van der Waals surface area contributed by atoms with E-state index in [4.69, 9.17) is 4.74 Å². The number of carbonyl (C=O) groups is 1. The lowest BCUT2D eigenvalue weighted by Gasteiger charge is -2.13. The molecular weight excluding hydrogens is 280 g/mol. The third kappa shape index (κ3) is 3.24. The standard InChI is InChI=1S/C17H20N2O3/c1-11(2)9-19-17(21)13(10-20)8-15(18-19)14-7-12(3)5-6-16(14)22-4/h5-8,10-11H,9H2,1-4H3. The molecule has 0 fully saturated rings. The van der Waals surface area contributed by atoms with E-state index in [0.717, 1.165) is 11.1 Å². The van der Waals surface area contributed by atoms with Crippen molar-refractivity contribution in [3.63, 3.8) is 0 Å². The number of aryl methyl sites for hydroxylation is 1. The minimum atomic E-state index is -0.362. The zero-order valence-electron chi connectivity index (χ0n) is 13.3. The van der Waals surface area contributed by atoms with Crippen LogP contribution in [0.2, 0.25) is 0 Å². The van der Waals surface area contributed by atoms with Gasteiger partial charge < -0.3 is 4.74 Å². The number of benzene rings is 1. The van der Waals surface area contributed by atoms with Crippen LogP contribution in [0.4, 0.5) is 0 Å². The molecular formula is C17H20N2O3. The minimum absolute atomic E-state index is 0.106. The molecule has 5 nitrogen and oxygen atoms in total. The Morgan fingerprint density at radius 3 is 2.64 bits per heavy atom. The van der Waals surface area contributed by atoms with Gasteiger partial charge in [-0.25, -0.2) is 4.68 Å². The summed E-state index contributed by atoms with van der Waals surface area (Å²) in [6, 6.07) is 7.24. The second kappa shape index (κ2) is 6.56. The minimum Gasteiger partial charge on any atom is -0.496 e. The molecule has 0 unspecified atom stereocenters. The van der Waals surface area contributed by atoms with Gasteiger partial charge in [-0.3, -0.25) is 9.59 Å². The molecule has 0 radical (unpaired) electrons. The number of methoxy groups -OCH3 is 1. The van der Waals surface area contributed by atoms with Crippen LogP contribution in [0.25, 0.3) is 11.3 Å². The van der Waals surface area contributed by atoms with Crippen molar-refractivity contribution in [2.45, 2.75) is 27.3 Å². The highest BCUT2D eigenvalue weighted by atomic mass is 16.5. The Kier molecular flexibility index (Phi) is 4.75.